The number of nitrogens with one attached hydrogen (secondary N) is 1. The van der Waals surface area contributed by atoms with Crippen molar-refractivity contribution in [3.8, 4) is 5.75 Å². The van der Waals surface area contributed by atoms with E-state index in [2.05, 4.69) is 20.7 Å². The van der Waals surface area contributed by atoms with Gasteiger partial charge in [-0.05, 0) is 46.6 Å². The molecule has 0 amide bonds. The number of hydrogen-bond donors (Lipinski definition) is 2. The van der Waals surface area contributed by atoms with Crippen molar-refractivity contribution in [1.82, 2.24) is 0 Å². The van der Waals surface area contributed by atoms with Crippen molar-refractivity contribution in [2.75, 3.05) is 17.6 Å². The highest BCUT2D eigenvalue weighted by atomic mass is 79.9. The molecule has 0 atom stereocenters. The summed E-state index contributed by atoms with van der Waals surface area (Å²) in [6.45, 7) is 1.84. The molecule has 0 spiro atoms. The first kappa shape index (κ1) is 15.1. The van der Waals surface area contributed by atoms with Crippen LogP contribution in [0, 0.1) is 6.92 Å². The predicted molar refractivity (Wildman–Crippen MR) is 85.0 cm³/mol. The first-order chi connectivity index (χ1) is 9.33. The van der Waals surface area contributed by atoms with Gasteiger partial charge in [0.25, 0.3) is 10.0 Å². The van der Waals surface area contributed by atoms with Crippen molar-refractivity contribution >= 4 is 48.7 Å². The minimum Gasteiger partial charge on any atom is -0.495 e. The van der Waals surface area contributed by atoms with Crippen molar-refractivity contribution < 1.29 is 13.2 Å². The fraction of sp³-hybridized carbons (Fsp3) is 0.167. The number of nitrogen functional groups attached to an aromatic ring is 1. The summed E-state index contributed by atoms with van der Waals surface area (Å²) in [7, 11) is -2.13. The molecule has 5 nitrogen and oxygen atoms in total. The molecule has 1 aromatic carbocycles. The van der Waals surface area contributed by atoms with Gasteiger partial charge in [0, 0.05) is 6.07 Å². The van der Waals surface area contributed by atoms with Gasteiger partial charge in [0.1, 0.15) is 9.96 Å². The van der Waals surface area contributed by atoms with Crippen LogP contribution in [-0.4, -0.2) is 15.5 Å². The third-order valence-corrected chi connectivity index (χ3v) is 6.58. The van der Waals surface area contributed by atoms with Gasteiger partial charge >= 0.3 is 0 Å². The third kappa shape index (κ3) is 3.08. The number of benzene rings is 1. The summed E-state index contributed by atoms with van der Waals surface area (Å²) in [4.78, 5) is 0. The van der Waals surface area contributed by atoms with Crippen LogP contribution in [0.1, 0.15) is 5.56 Å². The van der Waals surface area contributed by atoms with Gasteiger partial charge < -0.3 is 10.5 Å². The quantitative estimate of drug-likeness (QED) is 0.802. The van der Waals surface area contributed by atoms with Crippen molar-refractivity contribution in [1.29, 1.82) is 0 Å². The number of hydrogen-bond acceptors (Lipinski definition) is 5. The van der Waals surface area contributed by atoms with Crippen molar-refractivity contribution in [3.63, 3.8) is 0 Å². The van der Waals surface area contributed by atoms with E-state index in [-0.39, 0.29) is 4.21 Å². The molecule has 3 N–H and O–H groups in total. The average molecular weight is 377 g/mol. The zero-order valence-electron chi connectivity index (χ0n) is 10.8. The number of ether oxygens (including phenoxy) is 1. The van der Waals surface area contributed by atoms with Crippen LogP contribution in [0.15, 0.2) is 32.3 Å². The molecular formula is C12H13BrN2O3S2. The average Bonchev–Trinajstić information content (AvgIpc) is 2.72. The molecule has 1 aromatic heterocycles. The molecule has 0 saturated heterocycles. The zero-order chi connectivity index (χ0) is 14.9. The second-order valence-corrected chi connectivity index (χ2v) is 8.36. The van der Waals surface area contributed by atoms with E-state index in [0.717, 1.165) is 20.7 Å². The molecule has 0 bridgehead atoms. The van der Waals surface area contributed by atoms with Gasteiger partial charge in [0.15, 0.2) is 0 Å². The molecule has 20 heavy (non-hydrogen) atoms. The number of anilines is 2. The fourth-order valence-electron chi connectivity index (χ4n) is 1.54. The summed E-state index contributed by atoms with van der Waals surface area (Å²) in [6, 6.07) is 6.34. The molecule has 0 fully saturated rings. The topological polar surface area (TPSA) is 81.4 Å². The maximum absolute atomic E-state index is 12.3. The highest BCUT2D eigenvalue weighted by Crippen LogP contribution is 2.32. The number of aryl methyl sites for hydroxylation is 1. The summed E-state index contributed by atoms with van der Waals surface area (Å²) >= 11 is 4.48. The van der Waals surface area contributed by atoms with E-state index in [1.54, 1.807) is 24.3 Å². The minimum absolute atomic E-state index is 0.248. The molecule has 8 heteroatoms. The number of thiophene rings is 1. The molecule has 0 saturated carbocycles. The largest absolute Gasteiger partial charge is 0.495 e. The van der Waals surface area contributed by atoms with E-state index in [1.807, 2.05) is 6.92 Å². The van der Waals surface area contributed by atoms with Crippen molar-refractivity contribution in [3.05, 3.63) is 33.6 Å². The number of methoxy groups -OCH3 is 1. The van der Waals surface area contributed by atoms with Gasteiger partial charge in [0.05, 0.1) is 22.3 Å². The van der Waals surface area contributed by atoms with Crippen LogP contribution in [-0.2, 0) is 10.0 Å². The molecule has 2 rings (SSSR count). The van der Waals surface area contributed by atoms with E-state index in [4.69, 9.17) is 10.5 Å². The van der Waals surface area contributed by atoms with Crippen LogP contribution < -0.4 is 15.2 Å². The molecule has 0 radical (unpaired) electrons. The fourth-order valence-corrected chi connectivity index (χ4v) is 4.82. The van der Waals surface area contributed by atoms with Crippen LogP contribution in [0.4, 0.5) is 11.4 Å². The molecule has 0 unspecified atom stereocenters. The van der Waals surface area contributed by atoms with E-state index >= 15 is 0 Å². The van der Waals surface area contributed by atoms with Crippen LogP contribution in [0.2, 0.25) is 0 Å². The Bertz CT molecular complexity index is 722. The lowest BCUT2D eigenvalue weighted by Crippen LogP contribution is -2.11. The number of nitrogens with two attached hydrogens (primary N) is 1. The van der Waals surface area contributed by atoms with Crippen molar-refractivity contribution in [2.45, 2.75) is 11.1 Å². The van der Waals surface area contributed by atoms with Gasteiger partial charge in [-0.25, -0.2) is 8.42 Å². The summed E-state index contributed by atoms with van der Waals surface area (Å²) in [5.41, 5.74) is 7.42. The summed E-state index contributed by atoms with van der Waals surface area (Å²) < 4.78 is 33.1. The number of rotatable bonds is 4. The Kier molecular flexibility index (Phi) is 4.26. The highest BCUT2D eigenvalue weighted by Gasteiger charge is 2.18. The van der Waals surface area contributed by atoms with E-state index < -0.39 is 10.0 Å². The van der Waals surface area contributed by atoms with Crippen LogP contribution in [0.5, 0.6) is 5.75 Å². The monoisotopic (exact) mass is 376 g/mol. The van der Waals surface area contributed by atoms with Gasteiger partial charge in [-0.3, -0.25) is 4.72 Å². The van der Waals surface area contributed by atoms with E-state index in [1.165, 1.54) is 7.11 Å². The Balaban J connectivity index is 2.33. The Morgan fingerprint density at radius 2 is 2.05 bits per heavy atom. The number of halogens is 1. The minimum atomic E-state index is -3.61. The second kappa shape index (κ2) is 5.63. The van der Waals surface area contributed by atoms with Crippen molar-refractivity contribution in [2.24, 2.45) is 0 Å². The van der Waals surface area contributed by atoms with E-state index in [0.29, 0.717) is 17.1 Å². The van der Waals surface area contributed by atoms with Crippen LogP contribution in [0.25, 0.3) is 0 Å². The Labute approximate surface area is 129 Å². The molecular weight excluding hydrogens is 364 g/mol. The SMILES string of the molecule is COc1cc(NS(=O)(=O)c2cc(C)c(Br)s2)ccc1N. The van der Waals surface area contributed by atoms with Crippen LogP contribution >= 0.6 is 27.3 Å². The highest BCUT2D eigenvalue weighted by molar-refractivity contribution is 9.11. The van der Waals surface area contributed by atoms with Gasteiger partial charge in [0.2, 0.25) is 0 Å². The Morgan fingerprint density at radius 3 is 2.60 bits per heavy atom. The molecule has 108 valence electrons. The van der Waals surface area contributed by atoms with Gasteiger partial charge in [-0.2, -0.15) is 0 Å². The normalized spacial score (nSPS) is 11.3. The van der Waals surface area contributed by atoms with Crippen LogP contribution in [0.3, 0.4) is 0 Å². The lowest BCUT2D eigenvalue weighted by molar-refractivity contribution is 0.417. The maximum atomic E-state index is 12.3. The summed E-state index contributed by atoms with van der Waals surface area (Å²) in [5.74, 6) is 0.425. The summed E-state index contributed by atoms with van der Waals surface area (Å²) in [5, 5.41) is 0. The standard InChI is InChI=1S/C12H13BrN2O3S2/c1-7-5-11(19-12(7)13)20(16,17)15-8-3-4-9(14)10(6-8)18-2/h3-6,15H,14H2,1-2H3. The smallest absolute Gasteiger partial charge is 0.271 e. The second-order valence-electron chi connectivity index (χ2n) is 4.08. The van der Waals surface area contributed by atoms with E-state index in [9.17, 15) is 8.42 Å². The molecule has 0 aliphatic carbocycles. The lowest BCUT2D eigenvalue weighted by atomic mass is 10.3. The Hall–Kier alpha value is -1.25. The first-order valence-electron chi connectivity index (χ1n) is 5.56. The van der Waals surface area contributed by atoms with Gasteiger partial charge in [-0.15, -0.1) is 11.3 Å². The first-order valence-corrected chi connectivity index (χ1v) is 8.65. The summed E-state index contributed by atoms with van der Waals surface area (Å²) in [6.07, 6.45) is 0. The lowest BCUT2D eigenvalue weighted by Gasteiger charge is -2.09. The maximum Gasteiger partial charge on any atom is 0.271 e. The Morgan fingerprint density at radius 1 is 1.35 bits per heavy atom. The molecule has 2 aromatic rings. The molecule has 0 aliphatic heterocycles. The zero-order valence-corrected chi connectivity index (χ0v) is 14.0. The third-order valence-electron chi connectivity index (χ3n) is 2.59. The number of sulfonamides is 1. The molecule has 0 aliphatic rings. The van der Waals surface area contributed by atoms with Gasteiger partial charge in [-0.1, -0.05) is 0 Å². The predicted octanol–water partition coefficient (Wildman–Crippen LogP) is 3.21. The molecule has 1 heterocycles.